The number of nitrogens with one attached hydrogen (secondary N) is 1. The number of pyridine rings is 1. The van der Waals surface area contributed by atoms with Gasteiger partial charge in [0.05, 0.1) is 6.20 Å². The van der Waals surface area contributed by atoms with Crippen molar-refractivity contribution < 1.29 is 9.32 Å². The van der Waals surface area contributed by atoms with Crippen LogP contribution in [-0.4, -0.2) is 16.0 Å². The van der Waals surface area contributed by atoms with Crippen LogP contribution >= 0.6 is 15.9 Å². The van der Waals surface area contributed by atoms with Gasteiger partial charge in [-0.05, 0) is 41.4 Å². The molecule has 1 amide bonds. The molecule has 0 aliphatic carbocycles. The molecule has 0 fully saturated rings. The monoisotopic (exact) mass is 295 g/mol. The van der Waals surface area contributed by atoms with E-state index in [0.717, 1.165) is 10.0 Å². The summed E-state index contributed by atoms with van der Waals surface area (Å²) in [5, 5.41) is 6.23. The minimum absolute atomic E-state index is 0.203. The predicted octanol–water partition coefficient (Wildman–Crippen LogP) is 2.70. The molecular weight excluding hydrogens is 286 g/mol. The Kier molecular flexibility index (Phi) is 3.23. The van der Waals surface area contributed by atoms with Crippen LogP contribution in [0.25, 0.3) is 0 Å². The first-order valence-electron chi connectivity index (χ1n) is 4.92. The molecule has 88 valence electrons. The van der Waals surface area contributed by atoms with Crippen molar-refractivity contribution in [3.8, 4) is 0 Å². The van der Waals surface area contributed by atoms with E-state index < -0.39 is 0 Å². The fourth-order valence-corrected chi connectivity index (χ4v) is 1.79. The number of hydrogen-bond acceptors (Lipinski definition) is 4. The highest BCUT2D eigenvalue weighted by atomic mass is 79.9. The molecule has 0 aliphatic rings. The molecule has 5 nitrogen and oxygen atoms in total. The van der Waals surface area contributed by atoms with Gasteiger partial charge in [-0.1, -0.05) is 5.16 Å². The van der Waals surface area contributed by atoms with Crippen LogP contribution in [0.1, 0.15) is 21.7 Å². The summed E-state index contributed by atoms with van der Waals surface area (Å²) in [7, 11) is 0. The second-order valence-corrected chi connectivity index (χ2v) is 4.53. The largest absolute Gasteiger partial charge is 0.351 e. The van der Waals surface area contributed by atoms with Crippen molar-refractivity contribution in [2.75, 3.05) is 5.32 Å². The first-order chi connectivity index (χ1) is 8.08. The van der Waals surface area contributed by atoms with Crippen LogP contribution in [0.15, 0.2) is 27.5 Å². The molecule has 0 unspecified atom stereocenters. The molecule has 0 saturated heterocycles. The number of nitrogens with zero attached hydrogens (tertiary/aromatic N) is 2. The lowest BCUT2D eigenvalue weighted by Crippen LogP contribution is -2.14. The lowest BCUT2D eigenvalue weighted by Gasteiger charge is -2.05. The Bertz CT molecular complexity index is 566. The van der Waals surface area contributed by atoms with Crippen LogP contribution < -0.4 is 5.32 Å². The van der Waals surface area contributed by atoms with Gasteiger partial charge >= 0.3 is 0 Å². The second kappa shape index (κ2) is 4.67. The van der Waals surface area contributed by atoms with Crippen molar-refractivity contribution in [3.05, 3.63) is 39.8 Å². The molecule has 0 bridgehead atoms. The smallest absolute Gasteiger partial charge is 0.295 e. The minimum atomic E-state index is -0.349. The molecule has 0 atom stereocenters. The van der Waals surface area contributed by atoms with Crippen molar-refractivity contribution in [1.29, 1.82) is 0 Å². The molecular formula is C11H10BrN3O2. The maximum Gasteiger partial charge on any atom is 0.295 e. The van der Waals surface area contributed by atoms with Crippen LogP contribution in [0, 0.1) is 13.8 Å². The zero-order valence-corrected chi connectivity index (χ0v) is 10.9. The summed E-state index contributed by atoms with van der Waals surface area (Å²) in [4.78, 5) is 16.0. The molecule has 0 radical (unpaired) electrons. The Labute approximate surface area is 106 Å². The molecule has 2 aromatic rings. The van der Waals surface area contributed by atoms with E-state index in [2.05, 4.69) is 31.4 Å². The predicted molar refractivity (Wildman–Crippen MR) is 65.9 cm³/mol. The standard InChI is InChI=1S/C11H10BrN3O2/c1-6-3-8(12)5-13-10(6)15-11(16)9-7(2)4-14-17-9/h3-5H,1-2H3,(H,13,15,16). The lowest BCUT2D eigenvalue weighted by atomic mass is 10.2. The number of carbonyl (C=O) groups excluding carboxylic acids is 1. The summed E-state index contributed by atoms with van der Waals surface area (Å²) in [5.74, 6) is 0.362. The van der Waals surface area contributed by atoms with Gasteiger partial charge in [0, 0.05) is 16.2 Å². The summed E-state index contributed by atoms with van der Waals surface area (Å²) in [6.45, 7) is 3.62. The zero-order valence-electron chi connectivity index (χ0n) is 9.32. The summed E-state index contributed by atoms with van der Waals surface area (Å²) in [6, 6.07) is 1.87. The molecule has 2 aromatic heterocycles. The average molecular weight is 296 g/mol. The summed E-state index contributed by atoms with van der Waals surface area (Å²) in [6.07, 6.45) is 3.12. The van der Waals surface area contributed by atoms with Gasteiger partial charge in [-0.2, -0.15) is 0 Å². The number of anilines is 1. The van der Waals surface area contributed by atoms with E-state index >= 15 is 0 Å². The molecule has 2 heterocycles. The minimum Gasteiger partial charge on any atom is -0.351 e. The normalized spacial score (nSPS) is 10.3. The maximum absolute atomic E-state index is 11.8. The topological polar surface area (TPSA) is 68.0 Å². The fraction of sp³-hybridized carbons (Fsp3) is 0.182. The Balaban J connectivity index is 2.22. The van der Waals surface area contributed by atoms with Gasteiger partial charge in [0.25, 0.3) is 5.91 Å². The summed E-state index contributed by atoms with van der Waals surface area (Å²) >= 11 is 3.31. The van der Waals surface area contributed by atoms with E-state index in [1.807, 2.05) is 13.0 Å². The maximum atomic E-state index is 11.8. The van der Waals surface area contributed by atoms with Gasteiger partial charge in [-0.25, -0.2) is 4.98 Å². The van der Waals surface area contributed by atoms with Crippen LogP contribution in [-0.2, 0) is 0 Å². The van der Waals surface area contributed by atoms with Gasteiger partial charge in [0.2, 0.25) is 5.76 Å². The van der Waals surface area contributed by atoms with Crippen molar-refractivity contribution in [3.63, 3.8) is 0 Å². The van der Waals surface area contributed by atoms with E-state index in [-0.39, 0.29) is 11.7 Å². The summed E-state index contributed by atoms with van der Waals surface area (Å²) in [5.41, 5.74) is 1.56. The van der Waals surface area contributed by atoms with Crippen LogP contribution in [0.4, 0.5) is 5.82 Å². The first kappa shape index (κ1) is 11.8. The van der Waals surface area contributed by atoms with E-state index in [4.69, 9.17) is 4.52 Å². The molecule has 0 aliphatic heterocycles. The first-order valence-corrected chi connectivity index (χ1v) is 5.72. The van der Waals surface area contributed by atoms with Crippen molar-refractivity contribution in [1.82, 2.24) is 10.1 Å². The molecule has 6 heteroatoms. The summed E-state index contributed by atoms with van der Waals surface area (Å²) < 4.78 is 5.73. The number of aryl methyl sites for hydroxylation is 2. The zero-order chi connectivity index (χ0) is 12.4. The Morgan fingerprint density at radius 2 is 2.12 bits per heavy atom. The van der Waals surface area contributed by atoms with Crippen molar-refractivity contribution in [2.24, 2.45) is 0 Å². The number of hydrogen-bond donors (Lipinski definition) is 1. The molecule has 0 aromatic carbocycles. The number of amides is 1. The number of carbonyl (C=O) groups is 1. The molecule has 17 heavy (non-hydrogen) atoms. The number of aromatic nitrogens is 2. The number of halogens is 1. The molecule has 0 saturated carbocycles. The third kappa shape index (κ3) is 2.52. The van der Waals surface area contributed by atoms with Crippen LogP contribution in [0.2, 0.25) is 0 Å². The van der Waals surface area contributed by atoms with Gasteiger partial charge in [0.15, 0.2) is 0 Å². The Hall–Kier alpha value is -1.69. The second-order valence-electron chi connectivity index (χ2n) is 3.61. The molecule has 0 spiro atoms. The highest BCUT2D eigenvalue weighted by Crippen LogP contribution is 2.18. The van der Waals surface area contributed by atoms with E-state index in [1.165, 1.54) is 6.20 Å². The highest BCUT2D eigenvalue weighted by Gasteiger charge is 2.15. The average Bonchev–Trinajstić information content (AvgIpc) is 2.68. The van der Waals surface area contributed by atoms with E-state index in [1.54, 1.807) is 13.1 Å². The van der Waals surface area contributed by atoms with Gasteiger partial charge in [-0.3, -0.25) is 4.79 Å². The van der Waals surface area contributed by atoms with Crippen LogP contribution in [0.5, 0.6) is 0 Å². The molecule has 2 rings (SSSR count). The third-order valence-corrected chi connectivity index (χ3v) is 2.67. The van der Waals surface area contributed by atoms with E-state index in [9.17, 15) is 4.79 Å². The van der Waals surface area contributed by atoms with Gasteiger partial charge in [0.1, 0.15) is 5.82 Å². The van der Waals surface area contributed by atoms with Crippen molar-refractivity contribution in [2.45, 2.75) is 13.8 Å². The van der Waals surface area contributed by atoms with E-state index in [0.29, 0.717) is 11.4 Å². The van der Waals surface area contributed by atoms with Gasteiger partial charge < -0.3 is 9.84 Å². The van der Waals surface area contributed by atoms with Gasteiger partial charge in [-0.15, -0.1) is 0 Å². The Morgan fingerprint density at radius 1 is 1.35 bits per heavy atom. The van der Waals surface area contributed by atoms with Crippen molar-refractivity contribution >= 4 is 27.7 Å². The highest BCUT2D eigenvalue weighted by molar-refractivity contribution is 9.10. The SMILES string of the molecule is Cc1cc(Br)cnc1NC(=O)c1oncc1C. The fourth-order valence-electron chi connectivity index (χ4n) is 1.34. The van der Waals surface area contributed by atoms with Crippen LogP contribution in [0.3, 0.4) is 0 Å². The third-order valence-electron chi connectivity index (χ3n) is 2.23. The lowest BCUT2D eigenvalue weighted by molar-refractivity contribution is 0.0986. The Morgan fingerprint density at radius 3 is 2.71 bits per heavy atom. The quantitative estimate of drug-likeness (QED) is 0.925. The molecule has 1 N–H and O–H groups in total. The number of rotatable bonds is 2.